The molecule has 9 heteroatoms. The Bertz CT molecular complexity index is 948. The van der Waals surface area contributed by atoms with Crippen LogP contribution in [0.3, 0.4) is 0 Å². The molecule has 0 amide bonds. The van der Waals surface area contributed by atoms with E-state index in [0.717, 1.165) is 10.4 Å². The number of fused-ring (bicyclic) bond motifs is 1. The number of nitrogens with zero attached hydrogens (tertiary/aromatic N) is 1. The number of rotatable bonds is 3. The maximum Gasteiger partial charge on any atom is 0.338 e. The van der Waals surface area contributed by atoms with Gasteiger partial charge in [0.15, 0.2) is 6.73 Å². The highest BCUT2D eigenvalue weighted by Gasteiger charge is 2.35. The lowest BCUT2D eigenvalue weighted by Gasteiger charge is -2.30. The summed E-state index contributed by atoms with van der Waals surface area (Å²) in [6, 6.07) is 7.59. The Morgan fingerprint density at radius 1 is 1.32 bits per heavy atom. The van der Waals surface area contributed by atoms with Crippen LogP contribution >= 0.6 is 11.6 Å². The lowest BCUT2D eigenvalue weighted by atomic mass is 10.2. The van der Waals surface area contributed by atoms with Crippen LogP contribution in [0.4, 0.5) is 10.1 Å². The van der Waals surface area contributed by atoms with Crippen molar-refractivity contribution in [3.63, 3.8) is 0 Å². The molecule has 1 aliphatic rings. The fourth-order valence-electron chi connectivity index (χ4n) is 2.37. The van der Waals surface area contributed by atoms with Crippen LogP contribution in [0.15, 0.2) is 41.3 Å². The van der Waals surface area contributed by atoms with Gasteiger partial charge in [-0.05, 0) is 43.3 Å². The van der Waals surface area contributed by atoms with Gasteiger partial charge in [0.1, 0.15) is 16.5 Å². The molecular weight excluding hydrogens is 373 g/mol. The number of carbonyl (C=O) groups excluding carboxylic acids is 1. The van der Waals surface area contributed by atoms with Crippen LogP contribution in [0.2, 0.25) is 5.02 Å². The zero-order valence-electron chi connectivity index (χ0n) is 13.0. The van der Waals surface area contributed by atoms with Gasteiger partial charge in [-0.1, -0.05) is 11.6 Å². The van der Waals surface area contributed by atoms with E-state index in [1.807, 2.05) is 0 Å². The predicted molar refractivity (Wildman–Crippen MR) is 89.0 cm³/mol. The number of halogens is 2. The molecule has 0 aromatic heterocycles. The number of sulfonamides is 1. The van der Waals surface area contributed by atoms with Crippen molar-refractivity contribution in [3.8, 4) is 5.75 Å². The molecule has 0 saturated carbocycles. The number of ether oxygens (including phenoxy) is 2. The molecule has 1 heterocycles. The van der Waals surface area contributed by atoms with Crippen molar-refractivity contribution < 1.29 is 27.1 Å². The summed E-state index contributed by atoms with van der Waals surface area (Å²) in [5.41, 5.74) is -0.249. The second kappa shape index (κ2) is 6.53. The quantitative estimate of drug-likeness (QED) is 0.758. The number of anilines is 1. The largest absolute Gasteiger partial charge is 0.471 e. The van der Waals surface area contributed by atoms with E-state index in [0.29, 0.717) is 0 Å². The Balaban J connectivity index is 2.02. The molecule has 6 nitrogen and oxygen atoms in total. The third-order valence-electron chi connectivity index (χ3n) is 3.54. The fourth-order valence-corrected chi connectivity index (χ4v) is 4.10. The minimum atomic E-state index is -4.06. The number of carbonyl (C=O) groups is 1. The molecule has 3 rings (SSSR count). The summed E-state index contributed by atoms with van der Waals surface area (Å²) in [6.07, 6.45) is 0. The van der Waals surface area contributed by atoms with Crippen molar-refractivity contribution >= 4 is 33.3 Å². The molecule has 1 aliphatic heterocycles. The smallest absolute Gasteiger partial charge is 0.338 e. The molecule has 132 valence electrons. The average Bonchev–Trinajstić information content (AvgIpc) is 2.56. The van der Waals surface area contributed by atoms with Crippen LogP contribution in [-0.4, -0.2) is 27.7 Å². The lowest BCUT2D eigenvalue weighted by Crippen LogP contribution is -2.39. The Kier molecular flexibility index (Phi) is 4.57. The van der Waals surface area contributed by atoms with Crippen LogP contribution in [0.5, 0.6) is 5.75 Å². The van der Waals surface area contributed by atoms with Crippen LogP contribution in [0.25, 0.3) is 0 Å². The molecule has 25 heavy (non-hydrogen) atoms. The molecule has 2 aromatic carbocycles. The van der Waals surface area contributed by atoms with Gasteiger partial charge in [-0.2, -0.15) is 0 Å². The molecule has 0 fully saturated rings. The zero-order chi connectivity index (χ0) is 18.2. The molecule has 0 spiro atoms. The normalized spacial score (nSPS) is 15.2. The predicted octanol–water partition coefficient (Wildman–Crippen LogP) is 3.20. The first-order chi connectivity index (χ1) is 11.8. The molecule has 0 aliphatic carbocycles. The first kappa shape index (κ1) is 17.5. The van der Waals surface area contributed by atoms with Crippen molar-refractivity contribution in [2.45, 2.75) is 11.8 Å². The van der Waals surface area contributed by atoms with Gasteiger partial charge in [0.25, 0.3) is 10.0 Å². The number of hydrogen-bond acceptors (Lipinski definition) is 5. The molecule has 2 aromatic rings. The Morgan fingerprint density at radius 3 is 2.76 bits per heavy atom. The highest BCUT2D eigenvalue weighted by molar-refractivity contribution is 7.93. The summed E-state index contributed by atoms with van der Waals surface area (Å²) in [5.74, 6) is -1.43. The van der Waals surface area contributed by atoms with Crippen molar-refractivity contribution in [1.82, 2.24) is 0 Å². The Morgan fingerprint density at radius 2 is 2.08 bits per heavy atom. The standard InChI is InChI=1S/C16H13ClFNO5S/c1-2-23-16(20)10-3-5-13(12(18)7-10)19-9-24-14-6-4-11(17)8-15(14)25(19,21)22/h3-8H,2,9H2,1H3. The lowest BCUT2D eigenvalue weighted by molar-refractivity contribution is 0.0526. The van der Waals surface area contributed by atoms with E-state index >= 15 is 0 Å². The summed E-state index contributed by atoms with van der Waals surface area (Å²) < 4.78 is 50.9. The molecule has 0 atom stereocenters. The third-order valence-corrected chi connectivity index (χ3v) is 5.53. The SMILES string of the molecule is CCOC(=O)c1ccc(N2COc3ccc(Cl)cc3S2(=O)=O)c(F)c1. The van der Waals surface area contributed by atoms with Crippen LogP contribution in [-0.2, 0) is 14.8 Å². The Labute approximate surface area is 148 Å². The summed E-state index contributed by atoms with van der Waals surface area (Å²) >= 11 is 5.85. The summed E-state index contributed by atoms with van der Waals surface area (Å²) in [5, 5.41) is 0.214. The van der Waals surface area contributed by atoms with Gasteiger partial charge < -0.3 is 9.47 Å². The van der Waals surface area contributed by atoms with Gasteiger partial charge in [-0.25, -0.2) is 21.9 Å². The van der Waals surface area contributed by atoms with E-state index in [1.54, 1.807) is 6.92 Å². The van der Waals surface area contributed by atoms with E-state index in [2.05, 4.69) is 0 Å². The molecule has 0 bridgehead atoms. The van der Waals surface area contributed by atoms with Crippen molar-refractivity contribution in [2.24, 2.45) is 0 Å². The van der Waals surface area contributed by atoms with Crippen LogP contribution in [0.1, 0.15) is 17.3 Å². The molecule has 0 unspecified atom stereocenters. The first-order valence-corrected chi connectivity index (χ1v) is 9.08. The van der Waals surface area contributed by atoms with Crippen molar-refractivity contribution in [1.29, 1.82) is 0 Å². The van der Waals surface area contributed by atoms with Gasteiger partial charge in [0, 0.05) is 5.02 Å². The van der Waals surface area contributed by atoms with E-state index in [9.17, 15) is 17.6 Å². The average molecular weight is 386 g/mol. The molecule has 0 radical (unpaired) electrons. The minimum Gasteiger partial charge on any atom is -0.471 e. The van der Waals surface area contributed by atoms with E-state index in [4.69, 9.17) is 21.1 Å². The van der Waals surface area contributed by atoms with Gasteiger partial charge >= 0.3 is 5.97 Å². The number of hydrogen-bond donors (Lipinski definition) is 0. The van der Waals surface area contributed by atoms with Crippen molar-refractivity contribution in [3.05, 3.63) is 52.8 Å². The topological polar surface area (TPSA) is 72.9 Å². The highest BCUT2D eigenvalue weighted by Crippen LogP contribution is 2.36. The molecule has 0 N–H and O–H groups in total. The molecular formula is C16H13ClFNO5S. The van der Waals surface area contributed by atoms with Gasteiger partial charge in [-0.3, -0.25) is 0 Å². The van der Waals surface area contributed by atoms with Gasteiger partial charge in [0.2, 0.25) is 0 Å². The van der Waals surface area contributed by atoms with Gasteiger partial charge in [-0.15, -0.1) is 0 Å². The summed E-state index contributed by atoms with van der Waals surface area (Å²) in [4.78, 5) is 11.5. The number of benzene rings is 2. The first-order valence-electron chi connectivity index (χ1n) is 7.26. The van der Waals surface area contributed by atoms with E-state index in [-0.39, 0.29) is 33.5 Å². The minimum absolute atomic E-state index is 0.0122. The maximum atomic E-state index is 14.4. The van der Waals surface area contributed by atoms with Crippen LogP contribution < -0.4 is 9.04 Å². The second-order valence-electron chi connectivity index (χ2n) is 5.10. The van der Waals surface area contributed by atoms with Crippen LogP contribution in [0, 0.1) is 5.82 Å². The third kappa shape index (κ3) is 3.14. The fraction of sp³-hybridized carbons (Fsp3) is 0.188. The zero-order valence-corrected chi connectivity index (χ0v) is 14.6. The van der Waals surface area contributed by atoms with E-state index < -0.39 is 28.5 Å². The summed E-state index contributed by atoms with van der Waals surface area (Å²) in [6.45, 7) is 1.38. The second-order valence-corrected chi connectivity index (χ2v) is 7.37. The Hall–Kier alpha value is -2.32. The highest BCUT2D eigenvalue weighted by atomic mass is 35.5. The van der Waals surface area contributed by atoms with Gasteiger partial charge in [0.05, 0.1) is 17.9 Å². The number of esters is 1. The monoisotopic (exact) mass is 385 g/mol. The maximum absolute atomic E-state index is 14.4. The van der Waals surface area contributed by atoms with E-state index in [1.165, 1.54) is 30.3 Å². The molecule has 0 saturated heterocycles. The summed E-state index contributed by atoms with van der Waals surface area (Å²) in [7, 11) is -4.06. The van der Waals surface area contributed by atoms with Crippen molar-refractivity contribution in [2.75, 3.05) is 17.6 Å².